The lowest BCUT2D eigenvalue weighted by Crippen LogP contribution is -2.46. The van der Waals surface area contributed by atoms with E-state index in [1.807, 2.05) is 0 Å². The maximum atomic E-state index is 12.6. The predicted octanol–water partition coefficient (Wildman–Crippen LogP) is 1.46. The maximum Gasteiger partial charge on any atom is 0.325 e. The molecule has 2 fully saturated rings. The molecule has 130 valence electrons. The SMILES string of the molecule is COc1ccc(OC)c([C@H](O)CN2C(=O)N[C@@](C)(C3CC3)C2=O)c1. The van der Waals surface area contributed by atoms with Crippen LogP contribution in [0.1, 0.15) is 31.4 Å². The highest BCUT2D eigenvalue weighted by Crippen LogP contribution is 2.43. The van der Waals surface area contributed by atoms with Crippen molar-refractivity contribution in [3.05, 3.63) is 23.8 Å². The van der Waals surface area contributed by atoms with Gasteiger partial charge < -0.3 is 19.9 Å². The first-order chi connectivity index (χ1) is 11.4. The van der Waals surface area contributed by atoms with Crippen LogP contribution < -0.4 is 14.8 Å². The Hall–Kier alpha value is -2.28. The summed E-state index contributed by atoms with van der Waals surface area (Å²) in [5, 5.41) is 13.3. The van der Waals surface area contributed by atoms with Gasteiger partial charge in [-0.15, -0.1) is 0 Å². The molecule has 0 radical (unpaired) electrons. The molecule has 1 saturated carbocycles. The van der Waals surface area contributed by atoms with Gasteiger partial charge in [-0.25, -0.2) is 4.79 Å². The molecule has 1 aromatic carbocycles. The van der Waals surface area contributed by atoms with Gasteiger partial charge >= 0.3 is 6.03 Å². The van der Waals surface area contributed by atoms with Crippen molar-refractivity contribution < 1.29 is 24.2 Å². The third-order valence-corrected chi connectivity index (χ3v) is 4.85. The third-order valence-electron chi connectivity index (χ3n) is 4.85. The van der Waals surface area contributed by atoms with E-state index >= 15 is 0 Å². The van der Waals surface area contributed by atoms with Crippen LogP contribution in [0.5, 0.6) is 11.5 Å². The summed E-state index contributed by atoms with van der Waals surface area (Å²) in [6.45, 7) is 1.62. The Morgan fingerprint density at radius 2 is 2.04 bits per heavy atom. The zero-order valence-corrected chi connectivity index (χ0v) is 14.0. The van der Waals surface area contributed by atoms with Crippen molar-refractivity contribution in [2.75, 3.05) is 20.8 Å². The molecule has 1 heterocycles. The van der Waals surface area contributed by atoms with Gasteiger partial charge in [0.05, 0.1) is 20.8 Å². The number of urea groups is 1. The molecular formula is C17H22N2O5. The molecule has 1 aromatic rings. The van der Waals surface area contributed by atoms with Gasteiger partial charge in [0.1, 0.15) is 23.1 Å². The zero-order chi connectivity index (χ0) is 17.5. The second-order valence-corrected chi connectivity index (χ2v) is 6.45. The van der Waals surface area contributed by atoms with Gasteiger partial charge in [-0.1, -0.05) is 0 Å². The lowest BCUT2D eigenvalue weighted by molar-refractivity contribution is -0.132. The molecule has 1 saturated heterocycles. The fraction of sp³-hybridized carbons (Fsp3) is 0.529. The Balaban J connectivity index is 1.81. The van der Waals surface area contributed by atoms with Crippen LogP contribution >= 0.6 is 0 Å². The number of methoxy groups -OCH3 is 2. The summed E-state index contributed by atoms with van der Waals surface area (Å²) in [4.78, 5) is 25.9. The number of carbonyl (C=O) groups is 2. The molecule has 3 amide bonds. The Bertz CT molecular complexity index is 673. The fourth-order valence-electron chi connectivity index (χ4n) is 3.19. The fourth-order valence-corrected chi connectivity index (χ4v) is 3.19. The largest absolute Gasteiger partial charge is 0.497 e. The molecule has 2 N–H and O–H groups in total. The highest BCUT2D eigenvalue weighted by Gasteiger charge is 2.56. The summed E-state index contributed by atoms with van der Waals surface area (Å²) >= 11 is 0. The highest BCUT2D eigenvalue weighted by molar-refractivity contribution is 6.07. The number of hydrogen-bond acceptors (Lipinski definition) is 5. The van der Waals surface area contributed by atoms with Crippen molar-refractivity contribution in [3.63, 3.8) is 0 Å². The number of benzene rings is 1. The molecule has 0 aromatic heterocycles. The van der Waals surface area contributed by atoms with Crippen molar-refractivity contribution in [3.8, 4) is 11.5 Å². The first-order valence-electron chi connectivity index (χ1n) is 7.94. The van der Waals surface area contributed by atoms with Crippen LogP contribution in [0.25, 0.3) is 0 Å². The number of nitrogens with one attached hydrogen (secondary N) is 1. The lowest BCUT2D eigenvalue weighted by atomic mass is 9.96. The Kier molecular flexibility index (Phi) is 4.13. The zero-order valence-electron chi connectivity index (χ0n) is 14.0. The van der Waals surface area contributed by atoms with E-state index in [2.05, 4.69) is 5.32 Å². The second kappa shape index (κ2) is 5.98. The standard InChI is InChI=1S/C17H22N2O5/c1-17(10-4-5-10)15(21)19(16(22)18-17)9-13(20)12-8-11(23-2)6-7-14(12)24-3/h6-8,10,13,20H,4-5,9H2,1-3H3,(H,18,22)/t13-,17+/m1/s1. The van der Waals surface area contributed by atoms with E-state index < -0.39 is 17.7 Å². The highest BCUT2D eigenvalue weighted by atomic mass is 16.5. The minimum atomic E-state index is -1.06. The molecule has 1 aliphatic heterocycles. The summed E-state index contributed by atoms with van der Waals surface area (Å²) < 4.78 is 10.4. The van der Waals surface area contributed by atoms with E-state index in [4.69, 9.17) is 9.47 Å². The number of carbonyl (C=O) groups excluding carboxylic acids is 2. The van der Waals surface area contributed by atoms with Gasteiger partial charge in [0.2, 0.25) is 0 Å². The first kappa shape index (κ1) is 16.6. The van der Waals surface area contributed by atoms with Gasteiger partial charge in [-0.3, -0.25) is 9.69 Å². The van der Waals surface area contributed by atoms with E-state index in [1.165, 1.54) is 14.2 Å². The quantitative estimate of drug-likeness (QED) is 0.769. The van der Waals surface area contributed by atoms with Gasteiger partial charge in [0, 0.05) is 5.56 Å². The molecule has 1 aliphatic carbocycles. The van der Waals surface area contributed by atoms with Gasteiger partial charge in [-0.05, 0) is 43.9 Å². The number of nitrogens with zero attached hydrogens (tertiary/aromatic N) is 1. The third kappa shape index (κ3) is 2.69. The van der Waals surface area contributed by atoms with Gasteiger partial charge in [0.15, 0.2) is 0 Å². The van der Waals surface area contributed by atoms with Crippen LogP contribution in [0, 0.1) is 5.92 Å². The van der Waals surface area contributed by atoms with Crippen LogP contribution in [0.4, 0.5) is 4.79 Å². The van der Waals surface area contributed by atoms with Crippen molar-refractivity contribution in [1.29, 1.82) is 0 Å². The molecule has 0 bridgehead atoms. The smallest absolute Gasteiger partial charge is 0.325 e. The van der Waals surface area contributed by atoms with Crippen molar-refractivity contribution >= 4 is 11.9 Å². The Morgan fingerprint density at radius 3 is 2.62 bits per heavy atom. The molecule has 0 spiro atoms. The topological polar surface area (TPSA) is 88.1 Å². The summed E-state index contributed by atoms with van der Waals surface area (Å²) in [7, 11) is 3.02. The minimum Gasteiger partial charge on any atom is -0.497 e. The van der Waals surface area contributed by atoms with E-state index in [1.54, 1.807) is 25.1 Å². The monoisotopic (exact) mass is 334 g/mol. The maximum absolute atomic E-state index is 12.6. The van der Waals surface area contributed by atoms with E-state index in [0.29, 0.717) is 17.1 Å². The normalized spacial score (nSPS) is 24.8. The number of aliphatic hydroxyl groups excluding tert-OH is 1. The van der Waals surface area contributed by atoms with Gasteiger partial charge in [-0.2, -0.15) is 0 Å². The second-order valence-electron chi connectivity index (χ2n) is 6.45. The Labute approximate surface area is 140 Å². The van der Waals surface area contributed by atoms with Crippen LogP contribution in [-0.2, 0) is 4.79 Å². The first-order valence-corrected chi connectivity index (χ1v) is 7.94. The number of aliphatic hydroxyl groups is 1. The molecule has 7 heteroatoms. The van der Waals surface area contributed by atoms with E-state index in [9.17, 15) is 14.7 Å². The number of imide groups is 1. The minimum absolute atomic E-state index is 0.128. The molecule has 3 rings (SSSR count). The molecule has 2 aliphatic rings. The summed E-state index contributed by atoms with van der Waals surface area (Å²) in [5.41, 5.74) is -0.382. The van der Waals surface area contributed by atoms with Crippen LogP contribution in [0.2, 0.25) is 0 Å². The van der Waals surface area contributed by atoms with E-state index in [-0.39, 0.29) is 18.4 Å². The van der Waals surface area contributed by atoms with Crippen LogP contribution in [-0.4, -0.2) is 48.2 Å². The molecular weight excluding hydrogens is 312 g/mol. The Morgan fingerprint density at radius 1 is 1.33 bits per heavy atom. The van der Waals surface area contributed by atoms with Crippen LogP contribution in [0.15, 0.2) is 18.2 Å². The van der Waals surface area contributed by atoms with Crippen molar-refractivity contribution in [1.82, 2.24) is 10.2 Å². The van der Waals surface area contributed by atoms with Crippen molar-refractivity contribution in [2.45, 2.75) is 31.4 Å². The summed E-state index contributed by atoms with van der Waals surface area (Å²) in [6.07, 6.45) is 0.803. The summed E-state index contributed by atoms with van der Waals surface area (Å²) in [5.74, 6) is 0.934. The number of rotatable bonds is 6. The predicted molar refractivity (Wildman–Crippen MR) is 85.9 cm³/mol. The lowest BCUT2D eigenvalue weighted by Gasteiger charge is -2.23. The average Bonchev–Trinajstić information content (AvgIpc) is 3.40. The summed E-state index contributed by atoms with van der Waals surface area (Å²) in [6, 6.07) is 4.57. The van der Waals surface area contributed by atoms with Crippen LogP contribution in [0.3, 0.4) is 0 Å². The number of β-amino-alcohol motifs (C(OH)–C–C–N with tert-alkyl or cyclic N) is 1. The molecule has 24 heavy (non-hydrogen) atoms. The molecule has 7 nitrogen and oxygen atoms in total. The number of hydrogen-bond donors (Lipinski definition) is 2. The molecule has 2 atom stereocenters. The molecule has 0 unspecified atom stereocenters. The van der Waals surface area contributed by atoms with Gasteiger partial charge in [0.25, 0.3) is 5.91 Å². The van der Waals surface area contributed by atoms with E-state index in [0.717, 1.165) is 17.7 Å². The average molecular weight is 334 g/mol. The number of ether oxygens (including phenoxy) is 2. The van der Waals surface area contributed by atoms with Crippen molar-refractivity contribution in [2.24, 2.45) is 5.92 Å². The number of amides is 3.